The van der Waals surface area contributed by atoms with Crippen molar-refractivity contribution in [3.8, 4) is 0 Å². The Morgan fingerprint density at radius 2 is 2.00 bits per heavy atom. The van der Waals surface area contributed by atoms with Crippen LogP contribution in [0, 0.1) is 0 Å². The van der Waals surface area contributed by atoms with Crippen molar-refractivity contribution in [2.24, 2.45) is 0 Å². The summed E-state index contributed by atoms with van der Waals surface area (Å²) in [6.07, 6.45) is -0.160. The summed E-state index contributed by atoms with van der Waals surface area (Å²) in [7, 11) is 3.22. The minimum atomic E-state index is -0.160. The molecule has 0 fully saturated rings. The topological polar surface area (TPSA) is 27.7 Å². The van der Waals surface area contributed by atoms with Crippen LogP contribution < -0.4 is 0 Å². The van der Waals surface area contributed by atoms with Gasteiger partial charge in [-0.2, -0.15) is 0 Å². The molecule has 0 bridgehead atoms. The van der Waals surface area contributed by atoms with Gasteiger partial charge in [0, 0.05) is 14.2 Å². The first-order chi connectivity index (χ1) is 3.85. The molecule has 9 heavy (non-hydrogen) atoms. The maximum atomic E-state index is 4.93. The molecule has 0 aromatic heterocycles. The van der Waals surface area contributed by atoms with Gasteiger partial charge in [0.1, 0.15) is 0 Å². The van der Waals surface area contributed by atoms with Crippen LogP contribution in [0.3, 0.4) is 0 Å². The zero-order valence-electron chi connectivity index (χ0n) is 5.51. The molecule has 5 heteroatoms. The van der Waals surface area contributed by atoms with E-state index in [1.54, 1.807) is 14.2 Å². The molecule has 0 aliphatic carbocycles. The first-order valence-corrected chi connectivity index (χ1v) is 3.21. The van der Waals surface area contributed by atoms with Crippen LogP contribution in [0.25, 0.3) is 0 Å². The molecular formula is C4H12AlNaO3. The monoisotopic (exact) mass is 158 g/mol. The Kier molecular flexibility index (Phi) is 13.6. The number of hydrogen-bond donors (Lipinski definition) is 0. The van der Waals surface area contributed by atoms with E-state index in [0.29, 0.717) is 23.2 Å². The predicted molar refractivity (Wildman–Crippen MR) is 39.5 cm³/mol. The molecule has 0 saturated carbocycles. The van der Waals surface area contributed by atoms with E-state index < -0.39 is 0 Å². The van der Waals surface area contributed by atoms with E-state index in [1.807, 2.05) is 0 Å². The van der Waals surface area contributed by atoms with Gasteiger partial charge in [-0.3, -0.25) is 0 Å². The fraction of sp³-hybridized carbons (Fsp3) is 1.00. The van der Waals surface area contributed by atoms with Gasteiger partial charge in [-0.25, -0.2) is 0 Å². The van der Waals surface area contributed by atoms with Crippen molar-refractivity contribution in [2.45, 2.75) is 6.29 Å². The van der Waals surface area contributed by atoms with Crippen molar-refractivity contribution in [3.05, 3.63) is 0 Å². The Morgan fingerprint density at radius 3 is 2.11 bits per heavy atom. The van der Waals surface area contributed by atoms with Crippen molar-refractivity contribution in [1.29, 1.82) is 0 Å². The van der Waals surface area contributed by atoms with Gasteiger partial charge in [0.2, 0.25) is 0 Å². The van der Waals surface area contributed by atoms with Gasteiger partial charge in [-0.15, -0.1) is 0 Å². The molecule has 0 spiro atoms. The number of hydrogen-bond acceptors (Lipinski definition) is 3. The first-order valence-electron chi connectivity index (χ1n) is 2.39. The third-order valence-corrected chi connectivity index (χ3v) is 1.35. The van der Waals surface area contributed by atoms with Gasteiger partial charge in [-0.05, 0) is 0 Å². The second-order valence-electron chi connectivity index (χ2n) is 1.36. The summed E-state index contributed by atoms with van der Waals surface area (Å²) in [5, 5.41) is 0. The summed E-state index contributed by atoms with van der Waals surface area (Å²) in [6, 6.07) is 0. The first kappa shape index (κ1) is 13.0. The van der Waals surface area contributed by atoms with E-state index in [-0.39, 0.29) is 35.8 Å². The van der Waals surface area contributed by atoms with Gasteiger partial charge < -0.3 is 13.3 Å². The number of methoxy groups -OCH3 is 2. The molecule has 0 amide bonds. The van der Waals surface area contributed by atoms with Crippen LogP contribution in [0.2, 0.25) is 0 Å². The number of rotatable bonds is 4. The van der Waals surface area contributed by atoms with Crippen molar-refractivity contribution in [3.63, 3.8) is 0 Å². The molecule has 0 N–H and O–H groups in total. The molecule has 0 saturated heterocycles. The third kappa shape index (κ3) is 7.31. The standard InChI is InChI=1S/C4H9O3.Al.Na.3H/c1-6-3-4(5)7-2;;;;;/h4H,3H2,1-2H3;;;;;/q-1;+1;;;;. The van der Waals surface area contributed by atoms with Crippen LogP contribution in [-0.4, -0.2) is 73.3 Å². The summed E-state index contributed by atoms with van der Waals surface area (Å²) in [6.45, 7) is 0.514. The Bertz CT molecular complexity index is 51.1. The van der Waals surface area contributed by atoms with E-state index in [1.165, 1.54) is 0 Å². The fourth-order valence-electron chi connectivity index (χ4n) is 0.368. The predicted octanol–water partition coefficient (Wildman–Crippen LogP) is -1.48. The molecule has 0 aliphatic heterocycles. The van der Waals surface area contributed by atoms with E-state index in [2.05, 4.69) is 0 Å². The second-order valence-corrected chi connectivity index (χ2v) is 1.83. The van der Waals surface area contributed by atoms with E-state index in [0.717, 1.165) is 0 Å². The summed E-state index contributed by atoms with van der Waals surface area (Å²) in [5.41, 5.74) is 0. The zero-order valence-corrected chi connectivity index (χ0v) is 7.51. The van der Waals surface area contributed by atoms with Crippen LogP contribution in [-0.2, 0) is 13.3 Å². The molecule has 0 heterocycles. The van der Waals surface area contributed by atoms with Crippen molar-refractivity contribution < 1.29 is 13.3 Å². The van der Waals surface area contributed by atoms with Crippen LogP contribution in [0.4, 0.5) is 0 Å². The molecule has 0 rings (SSSR count). The zero-order chi connectivity index (χ0) is 6.41. The summed E-state index contributed by atoms with van der Waals surface area (Å²) >= 11 is 0.691. The summed E-state index contributed by atoms with van der Waals surface area (Å²) in [4.78, 5) is 0. The summed E-state index contributed by atoms with van der Waals surface area (Å²) in [5.74, 6) is 0. The van der Waals surface area contributed by atoms with Gasteiger partial charge in [0.15, 0.2) is 6.29 Å². The van der Waals surface area contributed by atoms with Gasteiger partial charge in [0.25, 0.3) is 0 Å². The molecule has 50 valence electrons. The van der Waals surface area contributed by atoms with Crippen molar-refractivity contribution in [1.82, 2.24) is 0 Å². The average Bonchev–Trinajstić information content (AvgIpc) is 1.83. The van der Waals surface area contributed by atoms with Crippen LogP contribution in [0.5, 0.6) is 0 Å². The molecule has 3 nitrogen and oxygen atoms in total. The fourth-order valence-corrected chi connectivity index (χ4v) is 0.697. The van der Waals surface area contributed by atoms with E-state index in [4.69, 9.17) is 13.3 Å². The van der Waals surface area contributed by atoms with Gasteiger partial charge in [0.05, 0.1) is 6.61 Å². The Morgan fingerprint density at radius 1 is 1.44 bits per heavy atom. The van der Waals surface area contributed by atoms with E-state index >= 15 is 0 Å². The molecule has 0 radical (unpaired) electrons. The van der Waals surface area contributed by atoms with Crippen molar-refractivity contribution >= 4 is 46.2 Å². The average molecular weight is 158 g/mol. The SMILES string of the molecule is COCC(OC)[O][AlH2].[NaH]. The Hall–Kier alpha value is 1.41. The number of ether oxygens (including phenoxy) is 2. The minimum absolute atomic E-state index is 0. The molecule has 0 aromatic rings. The van der Waals surface area contributed by atoms with Gasteiger partial charge in [-0.1, -0.05) is 0 Å². The molecule has 0 aromatic carbocycles. The molecule has 1 unspecified atom stereocenters. The second kappa shape index (κ2) is 9.41. The Labute approximate surface area is 86.1 Å². The normalized spacial score (nSPS) is 12.2. The maximum absolute atomic E-state index is 4.93. The Balaban J connectivity index is 0. The molecule has 0 aliphatic rings. The molecule has 1 atom stereocenters. The third-order valence-electron chi connectivity index (χ3n) is 0.829. The van der Waals surface area contributed by atoms with Crippen LogP contribution >= 0.6 is 0 Å². The van der Waals surface area contributed by atoms with Crippen LogP contribution in [0.1, 0.15) is 0 Å². The van der Waals surface area contributed by atoms with Gasteiger partial charge >= 0.3 is 46.2 Å². The van der Waals surface area contributed by atoms with E-state index in [9.17, 15) is 0 Å². The van der Waals surface area contributed by atoms with Crippen LogP contribution in [0.15, 0.2) is 0 Å². The molecular weight excluding hydrogens is 146 g/mol. The summed E-state index contributed by atoms with van der Waals surface area (Å²) < 4.78 is 14.5. The quantitative estimate of drug-likeness (QED) is 0.369. The van der Waals surface area contributed by atoms with Crippen molar-refractivity contribution in [2.75, 3.05) is 20.8 Å².